The fourth-order valence-electron chi connectivity index (χ4n) is 2.54. The van der Waals surface area contributed by atoms with E-state index in [2.05, 4.69) is 10.6 Å². The first-order valence-corrected chi connectivity index (χ1v) is 8.29. The molecule has 0 unspecified atom stereocenters. The van der Waals surface area contributed by atoms with Crippen LogP contribution in [0.15, 0.2) is 42.5 Å². The van der Waals surface area contributed by atoms with Gasteiger partial charge in [0.25, 0.3) is 0 Å². The molecule has 6 heteroatoms. The lowest BCUT2D eigenvalue weighted by Crippen LogP contribution is -2.35. The van der Waals surface area contributed by atoms with Crippen molar-refractivity contribution >= 4 is 23.3 Å². The van der Waals surface area contributed by atoms with Gasteiger partial charge in [0, 0.05) is 5.69 Å². The SMILES string of the molecule is COC(=O)[C@@H](CC(=O)Nc1cc(C)ccc1C)Nc1ccccc1OC. The number of nitrogens with one attached hydrogen (secondary N) is 2. The van der Waals surface area contributed by atoms with E-state index in [4.69, 9.17) is 9.47 Å². The highest BCUT2D eigenvalue weighted by Crippen LogP contribution is 2.25. The predicted octanol–water partition coefficient (Wildman–Crippen LogP) is 3.29. The van der Waals surface area contributed by atoms with Crippen molar-refractivity contribution in [1.29, 1.82) is 0 Å². The summed E-state index contributed by atoms with van der Waals surface area (Å²) < 4.78 is 10.1. The second-order valence-corrected chi connectivity index (χ2v) is 5.99. The van der Waals surface area contributed by atoms with Gasteiger partial charge in [-0.1, -0.05) is 24.3 Å². The Hall–Kier alpha value is -3.02. The highest BCUT2D eigenvalue weighted by atomic mass is 16.5. The van der Waals surface area contributed by atoms with Crippen molar-refractivity contribution in [1.82, 2.24) is 0 Å². The fourth-order valence-corrected chi connectivity index (χ4v) is 2.54. The van der Waals surface area contributed by atoms with Crippen molar-refractivity contribution in [2.24, 2.45) is 0 Å². The topological polar surface area (TPSA) is 76.7 Å². The number of hydrogen-bond donors (Lipinski definition) is 2. The number of benzene rings is 2. The number of carbonyl (C=O) groups is 2. The van der Waals surface area contributed by atoms with E-state index in [1.807, 2.05) is 44.2 Å². The molecule has 0 aromatic heterocycles. The molecule has 0 fully saturated rings. The predicted molar refractivity (Wildman–Crippen MR) is 102 cm³/mol. The summed E-state index contributed by atoms with van der Waals surface area (Å²) in [4.78, 5) is 24.6. The highest BCUT2D eigenvalue weighted by Gasteiger charge is 2.24. The molecule has 2 aromatic rings. The van der Waals surface area contributed by atoms with E-state index >= 15 is 0 Å². The van der Waals surface area contributed by atoms with Crippen LogP contribution in [0.25, 0.3) is 0 Å². The maximum atomic E-state index is 12.5. The number of anilines is 2. The summed E-state index contributed by atoms with van der Waals surface area (Å²) in [5.74, 6) is -0.222. The molecule has 0 saturated heterocycles. The number of hydrogen-bond acceptors (Lipinski definition) is 5. The van der Waals surface area contributed by atoms with Crippen LogP contribution in [-0.4, -0.2) is 32.1 Å². The van der Waals surface area contributed by atoms with Gasteiger partial charge in [0.15, 0.2) is 0 Å². The number of carbonyl (C=O) groups excluding carboxylic acids is 2. The van der Waals surface area contributed by atoms with Crippen LogP contribution in [-0.2, 0) is 14.3 Å². The van der Waals surface area contributed by atoms with Gasteiger partial charge in [0.2, 0.25) is 5.91 Å². The maximum Gasteiger partial charge on any atom is 0.328 e. The van der Waals surface area contributed by atoms with E-state index < -0.39 is 12.0 Å². The Bertz CT molecular complexity index is 789. The lowest BCUT2D eigenvalue weighted by molar-refractivity contribution is -0.142. The molecule has 0 saturated carbocycles. The van der Waals surface area contributed by atoms with Crippen molar-refractivity contribution in [3.8, 4) is 5.75 Å². The van der Waals surface area contributed by atoms with Crippen LogP contribution < -0.4 is 15.4 Å². The molecule has 2 rings (SSSR count). The third-order valence-corrected chi connectivity index (χ3v) is 3.98. The summed E-state index contributed by atoms with van der Waals surface area (Å²) in [7, 11) is 2.84. The number of rotatable bonds is 7. The van der Waals surface area contributed by atoms with Gasteiger partial charge in [-0.3, -0.25) is 4.79 Å². The minimum Gasteiger partial charge on any atom is -0.495 e. The summed E-state index contributed by atoms with van der Waals surface area (Å²) in [6.07, 6.45) is -0.0713. The zero-order valence-corrected chi connectivity index (χ0v) is 15.5. The molecular weight excluding hydrogens is 332 g/mol. The summed E-state index contributed by atoms with van der Waals surface area (Å²) >= 11 is 0. The first-order chi connectivity index (χ1) is 12.4. The smallest absolute Gasteiger partial charge is 0.328 e. The standard InChI is InChI=1S/C20H24N2O4/c1-13-9-10-14(2)16(11-13)22-19(23)12-17(20(24)26-4)21-15-7-5-6-8-18(15)25-3/h5-11,17,21H,12H2,1-4H3,(H,22,23)/t17-/m1/s1. The molecule has 1 atom stereocenters. The number of ether oxygens (including phenoxy) is 2. The van der Waals surface area contributed by atoms with Crippen molar-refractivity contribution < 1.29 is 19.1 Å². The molecule has 6 nitrogen and oxygen atoms in total. The Morgan fingerprint density at radius 2 is 1.77 bits per heavy atom. The first-order valence-electron chi connectivity index (χ1n) is 8.29. The quantitative estimate of drug-likeness (QED) is 0.745. The minimum absolute atomic E-state index is 0.0713. The van der Waals surface area contributed by atoms with Crippen molar-refractivity contribution in [2.75, 3.05) is 24.9 Å². The number of methoxy groups -OCH3 is 2. The van der Waals surface area contributed by atoms with Crippen molar-refractivity contribution in [3.05, 3.63) is 53.6 Å². The molecule has 0 bridgehead atoms. The van der Waals surface area contributed by atoms with Crippen molar-refractivity contribution in [3.63, 3.8) is 0 Å². The van der Waals surface area contributed by atoms with E-state index in [1.165, 1.54) is 7.11 Å². The van der Waals surface area contributed by atoms with Crippen LogP contribution >= 0.6 is 0 Å². The van der Waals surface area contributed by atoms with E-state index in [1.54, 1.807) is 19.2 Å². The second kappa shape index (κ2) is 8.89. The Morgan fingerprint density at radius 1 is 1.04 bits per heavy atom. The Morgan fingerprint density at radius 3 is 2.46 bits per heavy atom. The average molecular weight is 356 g/mol. The second-order valence-electron chi connectivity index (χ2n) is 5.99. The molecule has 2 aromatic carbocycles. The van der Waals surface area contributed by atoms with Gasteiger partial charge in [0.05, 0.1) is 26.3 Å². The van der Waals surface area contributed by atoms with Gasteiger partial charge < -0.3 is 20.1 Å². The summed E-state index contributed by atoms with van der Waals surface area (Å²) in [6, 6.07) is 12.2. The van der Waals surface area contributed by atoms with Gasteiger partial charge in [0.1, 0.15) is 11.8 Å². The van der Waals surface area contributed by atoms with Crippen LogP contribution in [0, 0.1) is 13.8 Å². The average Bonchev–Trinajstić information content (AvgIpc) is 2.63. The first kappa shape index (κ1) is 19.3. The molecule has 26 heavy (non-hydrogen) atoms. The highest BCUT2D eigenvalue weighted by molar-refractivity contribution is 5.96. The third-order valence-electron chi connectivity index (χ3n) is 3.98. The molecular formula is C20H24N2O4. The summed E-state index contributed by atoms with van der Waals surface area (Å²) in [5, 5.41) is 5.89. The van der Waals surface area contributed by atoms with Crippen LogP contribution in [0.4, 0.5) is 11.4 Å². The fraction of sp³-hybridized carbons (Fsp3) is 0.300. The van der Waals surface area contributed by atoms with E-state index in [-0.39, 0.29) is 12.3 Å². The molecule has 0 aliphatic carbocycles. The van der Waals surface area contributed by atoms with Gasteiger partial charge in [-0.05, 0) is 43.2 Å². The van der Waals surface area contributed by atoms with Gasteiger partial charge >= 0.3 is 5.97 Å². The summed E-state index contributed by atoms with van der Waals surface area (Å²) in [5.41, 5.74) is 3.35. The van der Waals surface area contributed by atoms with Crippen molar-refractivity contribution in [2.45, 2.75) is 26.3 Å². The van der Waals surface area contributed by atoms with Crippen LogP contribution in [0.3, 0.4) is 0 Å². The monoisotopic (exact) mass is 356 g/mol. The molecule has 1 amide bonds. The zero-order chi connectivity index (χ0) is 19.1. The Labute approximate surface area is 153 Å². The number of esters is 1. The van der Waals surface area contributed by atoms with Crippen LogP contribution in [0.2, 0.25) is 0 Å². The van der Waals surface area contributed by atoms with E-state index in [9.17, 15) is 9.59 Å². The number of aryl methyl sites for hydroxylation is 2. The number of amides is 1. The lowest BCUT2D eigenvalue weighted by Gasteiger charge is -2.19. The van der Waals surface area contributed by atoms with E-state index in [0.717, 1.165) is 16.8 Å². The summed E-state index contributed by atoms with van der Waals surface area (Å²) in [6.45, 7) is 3.87. The van der Waals surface area contributed by atoms with Crippen LogP contribution in [0.1, 0.15) is 17.5 Å². The molecule has 0 heterocycles. The normalized spacial score (nSPS) is 11.4. The minimum atomic E-state index is -0.832. The van der Waals surface area contributed by atoms with Gasteiger partial charge in [-0.15, -0.1) is 0 Å². The molecule has 0 spiro atoms. The molecule has 0 aliphatic heterocycles. The largest absolute Gasteiger partial charge is 0.495 e. The molecule has 2 N–H and O–H groups in total. The van der Waals surface area contributed by atoms with E-state index in [0.29, 0.717) is 11.4 Å². The van der Waals surface area contributed by atoms with Gasteiger partial charge in [-0.25, -0.2) is 4.79 Å². The zero-order valence-electron chi connectivity index (χ0n) is 15.5. The van der Waals surface area contributed by atoms with Crippen LogP contribution in [0.5, 0.6) is 5.75 Å². The lowest BCUT2D eigenvalue weighted by atomic mass is 10.1. The Balaban J connectivity index is 2.13. The number of para-hydroxylation sites is 2. The third kappa shape index (κ3) is 4.99. The Kier molecular flexibility index (Phi) is 6.60. The maximum absolute atomic E-state index is 12.5. The molecule has 0 aliphatic rings. The molecule has 0 radical (unpaired) electrons. The molecule has 138 valence electrons. The van der Waals surface area contributed by atoms with Gasteiger partial charge in [-0.2, -0.15) is 0 Å².